The smallest absolute Gasteiger partial charge is 0.359 e. The Morgan fingerprint density at radius 1 is 1.83 bits per heavy atom. The maximum Gasteiger partial charge on any atom is 0.359 e. The van der Waals surface area contributed by atoms with Crippen LogP contribution < -0.4 is 0 Å². The predicted molar refractivity (Wildman–Crippen MR) is 46.9 cm³/mol. The van der Waals surface area contributed by atoms with E-state index in [4.69, 9.17) is 0 Å². The first kappa shape index (κ1) is 9.25. The van der Waals surface area contributed by atoms with E-state index in [-0.39, 0.29) is 0 Å². The van der Waals surface area contributed by atoms with Crippen LogP contribution in [0.4, 0.5) is 0 Å². The molecule has 0 saturated heterocycles. The second-order valence-electron chi connectivity index (χ2n) is 2.17. The van der Waals surface area contributed by atoms with Crippen molar-refractivity contribution in [1.82, 2.24) is 9.78 Å². The monoisotopic (exact) mass is 232 g/mol. The highest BCUT2D eigenvalue weighted by atomic mass is 79.9. The third-order valence-electron chi connectivity index (χ3n) is 1.42. The van der Waals surface area contributed by atoms with Gasteiger partial charge in [-0.2, -0.15) is 5.10 Å². The summed E-state index contributed by atoms with van der Waals surface area (Å²) in [6, 6.07) is 0. The standard InChI is InChI=1S/C7H9BrN2O2/c1-3-10-4-5(8)6(9-10)7(11)12-2/h4H,3H2,1-2H3. The molecule has 0 aliphatic carbocycles. The van der Waals surface area contributed by atoms with Crippen LogP contribution in [-0.2, 0) is 11.3 Å². The van der Waals surface area contributed by atoms with Crippen molar-refractivity contribution in [1.29, 1.82) is 0 Å². The van der Waals surface area contributed by atoms with E-state index in [2.05, 4.69) is 25.8 Å². The Hall–Kier alpha value is -0.840. The molecule has 0 aliphatic rings. The number of nitrogens with zero attached hydrogens (tertiary/aromatic N) is 2. The van der Waals surface area contributed by atoms with Gasteiger partial charge in [-0.1, -0.05) is 0 Å². The van der Waals surface area contributed by atoms with Gasteiger partial charge < -0.3 is 4.74 Å². The summed E-state index contributed by atoms with van der Waals surface area (Å²) in [5.41, 5.74) is 0.319. The number of methoxy groups -OCH3 is 1. The van der Waals surface area contributed by atoms with E-state index in [1.807, 2.05) is 6.92 Å². The molecular weight excluding hydrogens is 224 g/mol. The number of aromatic nitrogens is 2. The van der Waals surface area contributed by atoms with Crippen molar-refractivity contribution in [2.24, 2.45) is 0 Å². The van der Waals surface area contributed by atoms with Crippen LogP contribution in [0.2, 0.25) is 0 Å². The topological polar surface area (TPSA) is 44.1 Å². The van der Waals surface area contributed by atoms with Crippen molar-refractivity contribution >= 4 is 21.9 Å². The third kappa shape index (κ3) is 1.66. The molecule has 0 fully saturated rings. The number of ether oxygens (including phenoxy) is 1. The van der Waals surface area contributed by atoms with E-state index in [0.717, 1.165) is 6.54 Å². The highest BCUT2D eigenvalue weighted by molar-refractivity contribution is 9.10. The minimum absolute atomic E-state index is 0.319. The molecule has 0 spiro atoms. The molecule has 1 aromatic rings. The molecule has 0 aromatic carbocycles. The number of hydrogen-bond acceptors (Lipinski definition) is 3. The fraction of sp³-hybridized carbons (Fsp3) is 0.429. The fourth-order valence-corrected chi connectivity index (χ4v) is 1.27. The second kappa shape index (κ2) is 3.71. The van der Waals surface area contributed by atoms with E-state index < -0.39 is 5.97 Å². The Bertz CT molecular complexity index is 296. The van der Waals surface area contributed by atoms with Gasteiger partial charge in [-0.05, 0) is 22.9 Å². The molecular formula is C7H9BrN2O2. The Balaban J connectivity index is 2.99. The summed E-state index contributed by atoms with van der Waals surface area (Å²) < 4.78 is 6.86. The predicted octanol–water partition coefficient (Wildman–Crippen LogP) is 1.45. The Morgan fingerprint density at radius 3 is 2.92 bits per heavy atom. The number of carbonyl (C=O) groups excluding carboxylic acids is 1. The molecule has 12 heavy (non-hydrogen) atoms. The first-order valence-electron chi connectivity index (χ1n) is 3.50. The maximum absolute atomic E-state index is 11.0. The Kier molecular flexibility index (Phi) is 2.86. The molecule has 66 valence electrons. The zero-order chi connectivity index (χ0) is 9.14. The van der Waals surface area contributed by atoms with Crippen LogP contribution in [0.3, 0.4) is 0 Å². The van der Waals surface area contributed by atoms with E-state index >= 15 is 0 Å². The largest absolute Gasteiger partial charge is 0.464 e. The molecule has 1 rings (SSSR count). The number of esters is 1. The summed E-state index contributed by atoms with van der Waals surface area (Å²) in [6.45, 7) is 2.68. The molecule has 0 bridgehead atoms. The van der Waals surface area contributed by atoms with Crippen molar-refractivity contribution in [3.63, 3.8) is 0 Å². The van der Waals surface area contributed by atoms with Crippen LogP contribution in [0, 0.1) is 0 Å². The van der Waals surface area contributed by atoms with Crippen LogP contribution in [0.25, 0.3) is 0 Å². The number of rotatable bonds is 2. The van der Waals surface area contributed by atoms with Gasteiger partial charge in [0.2, 0.25) is 0 Å². The average molecular weight is 233 g/mol. The summed E-state index contributed by atoms with van der Waals surface area (Å²) in [7, 11) is 1.33. The summed E-state index contributed by atoms with van der Waals surface area (Å²) in [5.74, 6) is -0.422. The first-order chi connectivity index (χ1) is 5.69. The van der Waals surface area contributed by atoms with E-state index in [0.29, 0.717) is 10.2 Å². The minimum atomic E-state index is -0.422. The van der Waals surface area contributed by atoms with E-state index in [1.54, 1.807) is 10.9 Å². The number of carbonyl (C=O) groups is 1. The SMILES string of the molecule is CCn1cc(Br)c(C(=O)OC)n1. The Labute approximate surface area is 78.6 Å². The van der Waals surface area contributed by atoms with Crippen LogP contribution in [-0.4, -0.2) is 22.9 Å². The normalized spacial score (nSPS) is 9.92. The molecule has 0 amide bonds. The third-order valence-corrected chi connectivity index (χ3v) is 2.00. The zero-order valence-electron chi connectivity index (χ0n) is 6.87. The summed E-state index contributed by atoms with van der Waals surface area (Å²) in [4.78, 5) is 11.0. The zero-order valence-corrected chi connectivity index (χ0v) is 8.46. The quantitative estimate of drug-likeness (QED) is 0.726. The molecule has 0 radical (unpaired) electrons. The fourth-order valence-electron chi connectivity index (χ4n) is 0.794. The summed E-state index contributed by atoms with van der Waals surface area (Å²) in [5, 5.41) is 3.99. The van der Waals surface area contributed by atoms with Gasteiger partial charge in [0.15, 0.2) is 5.69 Å². The van der Waals surface area contributed by atoms with E-state index in [9.17, 15) is 4.79 Å². The van der Waals surface area contributed by atoms with Crippen molar-refractivity contribution in [2.45, 2.75) is 13.5 Å². The molecule has 0 atom stereocenters. The van der Waals surface area contributed by atoms with Crippen molar-refractivity contribution in [2.75, 3.05) is 7.11 Å². The van der Waals surface area contributed by atoms with Gasteiger partial charge in [-0.25, -0.2) is 4.79 Å². The molecule has 1 aromatic heterocycles. The lowest BCUT2D eigenvalue weighted by atomic mass is 10.4. The van der Waals surface area contributed by atoms with Crippen molar-refractivity contribution in [3.8, 4) is 0 Å². The molecule has 4 nitrogen and oxygen atoms in total. The minimum Gasteiger partial charge on any atom is -0.464 e. The van der Waals surface area contributed by atoms with E-state index in [1.165, 1.54) is 7.11 Å². The van der Waals surface area contributed by atoms with Crippen LogP contribution in [0.5, 0.6) is 0 Å². The summed E-state index contributed by atoms with van der Waals surface area (Å²) >= 11 is 3.22. The molecule has 1 heterocycles. The highest BCUT2D eigenvalue weighted by Gasteiger charge is 2.14. The van der Waals surface area contributed by atoms with Crippen LogP contribution in [0.1, 0.15) is 17.4 Å². The second-order valence-corrected chi connectivity index (χ2v) is 3.03. The van der Waals surface area contributed by atoms with Gasteiger partial charge in [-0.3, -0.25) is 4.68 Å². The van der Waals surface area contributed by atoms with Crippen molar-refractivity contribution in [3.05, 3.63) is 16.4 Å². The lowest BCUT2D eigenvalue weighted by Crippen LogP contribution is -2.04. The van der Waals surface area contributed by atoms with Gasteiger partial charge in [0, 0.05) is 12.7 Å². The van der Waals surface area contributed by atoms with Gasteiger partial charge >= 0.3 is 5.97 Å². The number of hydrogen-bond donors (Lipinski definition) is 0. The average Bonchev–Trinajstić information content (AvgIpc) is 2.45. The molecule has 0 unspecified atom stereocenters. The van der Waals surface area contributed by atoms with Crippen molar-refractivity contribution < 1.29 is 9.53 Å². The number of aryl methyl sites for hydroxylation is 1. The molecule has 0 N–H and O–H groups in total. The molecule has 0 aliphatic heterocycles. The first-order valence-corrected chi connectivity index (χ1v) is 4.29. The lowest BCUT2D eigenvalue weighted by molar-refractivity contribution is 0.0592. The van der Waals surface area contributed by atoms with Gasteiger partial charge in [-0.15, -0.1) is 0 Å². The maximum atomic E-state index is 11.0. The molecule has 0 saturated carbocycles. The Morgan fingerprint density at radius 2 is 2.50 bits per heavy atom. The number of halogens is 1. The van der Waals surface area contributed by atoms with Gasteiger partial charge in [0.25, 0.3) is 0 Å². The lowest BCUT2D eigenvalue weighted by Gasteiger charge is -1.93. The van der Waals surface area contributed by atoms with Gasteiger partial charge in [0.1, 0.15) is 0 Å². The summed E-state index contributed by atoms with van der Waals surface area (Å²) in [6.07, 6.45) is 1.74. The van der Waals surface area contributed by atoms with Crippen LogP contribution in [0.15, 0.2) is 10.7 Å². The van der Waals surface area contributed by atoms with Crippen LogP contribution >= 0.6 is 15.9 Å². The molecule has 5 heteroatoms. The van der Waals surface area contributed by atoms with Gasteiger partial charge in [0.05, 0.1) is 11.6 Å². The highest BCUT2D eigenvalue weighted by Crippen LogP contribution is 2.15.